The summed E-state index contributed by atoms with van der Waals surface area (Å²) in [4.78, 5) is 22.8. The van der Waals surface area contributed by atoms with E-state index in [0.717, 1.165) is 24.3 Å². The van der Waals surface area contributed by atoms with Crippen molar-refractivity contribution in [3.05, 3.63) is 59.4 Å². The minimum Gasteiger partial charge on any atom is -0.334 e. The van der Waals surface area contributed by atoms with Crippen LogP contribution in [0.3, 0.4) is 0 Å². The Morgan fingerprint density at radius 2 is 1.67 bits per heavy atom. The average Bonchev–Trinajstić information content (AvgIpc) is 2.51. The molecule has 3 N–H and O–H groups in total. The van der Waals surface area contributed by atoms with Crippen molar-refractivity contribution in [1.29, 1.82) is 0 Å². The van der Waals surface area contributed by atoms with Crippen molar-refractivity contribution in [1.82, 2.24) is 5.32 Å². The smallest absolute Gasteiger partial charge is 0.319 e. The van der Waals surface area contributed by atoms with Gasteiger partial charge in [-0.2, -0.15) is 0 Å². The Kier molecular flexibility index (Phi) is 5.41. The van der Waals surface area contributed by atoms with Crippen LogP contribution in [0.15, 0.2) is 36.4 Å². The van der Waals surface area contributed by atoms with Crippen LogP contribution in [0.5, 0.6) is 0 Å². The number of urea groups is 1. The molecular formula is C16H14F3N3O2. The number of hydrogen-bond acceptors (Lipinski definition) is 2. The second kappa shape index (κ2) is 7.49. The molecule has 0 aliphatic carbocycles. The van der Waals surface area contributed by atoms with Gasteiger partial charge in [0.25, 0.3) is 0 Å². The van der Waals surface area contributed by atoms with E-state index in [0.29, 0.717) is 5.69 Å². The summed E-state index contributed by atoms with van der Waals surface area (Å²) in [5.41, 5.74) is 0.0893. The number of rotatable bonds is 4. The minimum absolute atomic E-state index is 0.0439. The monoisotopic (exact) mass is 337 g/mol. The third-order valence-electron chi connectivity index (χ3n) is 2.98. The molecule has 8 heteroatoms. The Morgan fingerprint density at radius 1 is 0.958 bits per heavy atom. The standard InChI is InChI=1S/C16H14F3N3O2/c1-9(23)21-12-3-5-14(19)15(7-12)22-16(24)20-8-10-6-11(17)2-4-13(10)18/h2-7H,8H2,1H3,(H,21,23)(H2,20,22,24). The predicted octanol–water partition coefficient (Wildman–Crippen LogP) is 3.38. The Balaban J connectivity index is 2.01. The molecule has 0 aromatic heterocycles. The fraction of sp³-hybridized carbons (Fsp3) is 0.125. The summed E-state index contributed by atoms with van der Waals surface area (Å²) in [5, 5.41) is 6.98. The van der Waals surface area contributed by atoms with Gasteiger partial charge >= 0.3 is 6.03 Å². The van der Waals surface area contributed by atoms with Crippen molar-refractivity contribution in [2.45, 2.75) is 13.5 Å². The summed E-state index contributed by atoms with van der Waals surface area (Å²) in [6.07, 6.45) is 0. The van der Waals surface area contributed by atoms with E-state index < -0.39 is 23.5 Å². The number of nitrogens with one attached hydrogen (secondary N) is 3. The van der Waals surface area contributed by atoms with E-state index in [9.17, 15) is 22.8 Å². The third kappa shape index (κ3) is 4.73. The largest absolute Gasteiger partial charge is 0.334 e. The number of halogens is 3. The molecule has 0 fully saturated rings. The highest BCUT2D eigenvalue weighted by Crippen LogP contribution is 2.19. The van der Waals surface area contributed by atoms with E-state index in [-0.39, 0.29) is 23.7 Å². The van der Waals surface area contributed by atoms with Gasteiger partial charge in [0.2, 0.25) is 5.91 Å². The van der Waals surface area contributed by atoms with Gasteiger partial charge in [-0.1, -0.05) is 0 Å². The fourth-order valence-electron chi connectivity index (χ4n) is 1.92. The number of hydrogen-bond donors (Lipinski definition) is 3. The molecule has 0 saturated heterocycles. The first-order valence-electron chi connectivity index (χ1n) is 6.91. The lowest BCUT2D eigenvalue weighted by Gasteiger charge is -2.11. The SMILES string of the molecule is CC(=O)Nc1ccc(F)c(NC(=O)NCc2cc(F)ccc2F)c1. The summed E-state index contributed by atoms with van der Waals surface area (Å²) in [6.45, 7) is 1.01. The zero-order chi connectivity index (χ0) is 17.7. The Hall–Kier alpha value is -3.03. The molecule has 2 aromatic carbocycles. The molecule has 0 heterocycles. The van der Waals surface area contributed by atoms with Crippen LogP contribution in [0, 0.1) is 17.5 Å². The molecule has 2 rings (SSSR count). The molecular weight excluding hydrogens is 323 g/mol. The summed E-state index contributed by atoms with van der Waals surface area (Å²) in [7, 11) is 0. The van der Waals surface area contributed by atoms with Crippen LogP contribution in [0.4, 0.5) is 29.3 Å². The summed E-state index contributed by atoms with van der Waals surface area (Å²) in [5.74, 6) is -2.37. The maximum atomic E-state index is 13.7. The van der Waals surface area contributed by atoms with Gasteiger partial charge in [-0.25, -0.2) is 18.0 Å². The van der Waals surface area contributed by atoms with Gasteiger partial charge in [-0.3, -0.25) is 4.79 Å². The molecule has 0 atom stereocenters. The molecule has 0 bridgehead atoms. The number of carbonyl (C=O) groups is 2. The quantitative estimate of drug-likeness (QED) is 0.800. The molecule has 5 nitrogen and oxygen atoms in total. The Bertz CT molecular complexity index is 781. The lowest BCUT2D eigenvalue weighted by Crippen LogP contribution is -2.29. The first kappa shape index (κ1) is 17.3. The number of carbonyl (C=O) groups excluding carboxylic acids is 2. The van der Waals surface area contributed by atoms with E-state index in [1.165, 1.54) is 19.1 Å². The number of benzene rings is 2. The van der Waals surface area contributed by atoms with Crippen molar-refractivity contribution in [3.8, 4) is 0 Å². The van der Waals surface area contributed by atoms with Crippen molar-refractivity contribution >= 4 is 23.3 Å². The second-order valence-corrected chi connectivity index (χ2v) is 4.92. The maximum absolute atomic E-state index is 13.7. The van der Waals surface area contributed by atoms with Crippen molar-refractivity contribution in [3.63, 3.8) is 0 Å². The van der Waals surface area contributed by atoms with Crippen LogP contribution in [0.2, 0.25) is 0 Å². The molecule has 0 radical (unpaired) electrons. The zero-order valence-corrected chi connectivity index (χ0v) is 12.6. The highest BCUT2D eigenvalue weighted by molar-refractivity contribution is 5.92. The lowest BCUT2D eigenvalue weighted by atomic mass is 10.2. The highest BCUT2D eigenvalue weighted by atomic mass is 19.1. The van der Waals surface area contributed by atoms with Gasteiger partial charge in [0.15, 0.2) is 0 Å². The molecule has 2 aromatic rings. The summed E-state index contributed by atoms with van der Waals surface area (Å²) in [6, 6.07) is 5.70. The second-order valence-electron chi connectivity index (χ2n) is 4.92. The maximum Gasteiger partial charge on any atom is 0.319 e. The predicted molar refractivity (Wildman–Crippen MR) is 82.9 cm³/mol. The van der Waals surface area contributed by atoms with Crippen LogP contribution in [0.25, 0.3) is 0 Å². The van der Waals surface area contributed by atoms with E-state index >= 15 is 0 Å². The van der Waals surface area contributed by atoms with E-state index in [4.69, 9.17) is 0 Å². The molecule has 0 aliphatic heterocycles. The molecule has 126 valence electrons. The molecule has 0 unspecified atom stereocenters. The molecule has 24 heavy (non-hydrogen) atoms. The first-order chi connectivity index (χ1) is 11.3. The molecule has 0 spiro atoms. The van der Waals surface area contributed by atoms with Crippen LogP contribution in [-0.4, -0.2) is 11.9 Å². The van der Waals surface area contributed by atoms with E-state index in [1.807, 2.05) is 0 Å². The van der Waals surface area contributed by atoms with Crippen LogP contribution in [-0.2, 0) is 11.3 Å². The summed E-state index contributed by atoms with van der Waals surface area (Å²) < 4.78 is 40.2. The van der Waals surface area contributed by atoms with Gasteiger partial charge in [-0.05, 0) is 36.4 Å². The van der Waals surface area contributed by atoms with Crippen LogP contribution >= 0.6 is 0 Å². The van der Waals surface area contributed by atoms with Gasteiger partial charge < -0.3 is 16.0 Å². The third-order valence-corrected chi connectivity index (χ3v) is 2.98. The van der Waals surface area contributed by atoms with Gasteiger partial charge in [0, 0.05) is 24.7 Å². The highest BCUT2D eigenvalue weighted by Gasteiger charge is 2.10. The summed E-state index contributed by atoms with van der Waals surface area (Å²) >= 11 is 0. The van der Waals surface area contributed by atoms with Gasteiger partial charge in [0.1, 0.15) is 17.5 Å². The molecule has 3 amide bonds. The molecule has 0 saturated carbocycles. The number of anilines is 2. The van der Waals surface area contributed by atoms with Gasteiger partial charge in [0.05, 0.1) is 5.69 Å². The van der Waals surface area contributed by atoms with Gasteiger partial charge in [-0.15, -0.1) is 0 Å². The van der Waals surface area contributed by atoms with Crippen molar-refractivity contribution in [2.24, 2.45) is 0 Å². The first-order valence-corrected chi connectivity index (χ1v) is 6.91. The van der Waals surface area contributed by atoms with E-state index in [2.05, 4.69) is 16.0 Å². The lowest BCUT2D eigenvalue weighted by molar-refractivity contribution is -0.114. The number of amides is 3. The van der Waals surface area contributed by atoms with Crippen LogP contribution in [0.1, 0.15) is 12.5 Å². The van der Waals surface area contributed by atoms with Crippen molar-refractivity contribution in [2.75, 3.05) is 10.6 Å². The normalized spacial score (nSPS) is 10.2. The van der Waals surface area contributed by atoms with Crippen LogP contribution < -0.4 is 16.0 Å². The fourth-order valence-corrected chi connectivity index (χ4v) is 1.92. The molecule has 0 aliphatic rings. The minimum atomic E-state index is -0.808. The van der Waals surface area contributed by atoms with E-state index in [1.54, 1.807) is 0 Å². The average molecular weight is 337 g/mol. The van der Waals surface area contributed by atoms with Crippen molar-refractivity contribution < 1.29 is 22.8 Å². The zero-order valence-electron chi connectivity index (χ0n) is 12.6. The Labute approximate surface area is 135 Å². The topological polar surface area (TPSA) is 70.2 Å². The Morgan fingerprint density at radius 3 is 2.38 bits per heavy atom.